The molecule has 0 radical (unpaired) electrons. The molecular formula is C13H19N3O3S. The first kappa shape index (κ1) is 14.6. The van der Waals surface area contributed by atoms with Crippen molar-refractivity contribution in [2.45, 2.75) is 19.8 Å². The molecule has 1 fully saturated rings. The van der Waals surface area contributed by atoms with Crippen molar-refractivity contribution in [3.63, 3.8) is 0 Å². The van der Waals surface area contributed by atoms with Crippen LogP contribution in [0.2, 0.25) is 0 Å². The molecule has 6 nitrogen and oxygen atoms in total. The van der Waals surface area contributed by atoms with Crippen LogP contribution in [0.4, 0.5) is 0 Å². The second-order valence-electron chi connectivity index (χ2n) is 5.19. The molecule has 1 amide bonds. The number of carbonyl (C=O) groups is 1. The number of oxime groups is 1. The number of amidine groups is 1. The summed E-state index contributed by atoms with van der Waals surface area (Å²) in [6.07, 6.45) is 1.38. The lowest BCUT2D eigenvalue weighted by Crippen LogP contribution is -2.47. The van der Waals surface area contributed by atoms with Gasteiger partial charge in [0.2, 0.25) is 0 Å². The lowest BCUT2D eigenvalue weighted by Gasteiger charge is -2.38. The van der Waals surface area contributed by atoms with Crippen LogP contribution < -0.4 is 10.5 Å². The summed E-state index contributed by atoms with van der Waals surface area (Å²) in [5, 5.41) is 13.7. The number of hydrogen-bond donors (Lipinski definition) is 2. The zero-order chi connectivity index (χ0) is 14.8. The topological polar surface area (TPSA) is 88.2 Å². The fourth-order valence-corrected chi connectivity index (χ4v) is 3.10. The molecule has 0 bridgehead atoms. The van der Waals surface area contributed by atoms with Crippen molar-refractivity contribution in [2.24, 2.45) is 16.3 Å². The molecule has 0 saturated carbocycles. The quantitative estimate of drug-likeness (QED) is 0.385. The summed E-state index contributed by atoms with van der Waals surface area (Å²) in [4.78, 5) is 14.8. The van der Waals surface area contributed by atoms with Crippen LogP contribution in [0.5, 0.6) is 5.75 Å². The number of nitrogens with zero attached hydrogens (tertiary/aromatic N) is 2. The van der Waals surface area contributed by atoms with E-state index in [2.05, 4.69) is 5.16 Å². The van der Waals surface area contributed by atoms with Crippen LogP contribution in [0, 0.1) is 5.41 Å². The minimum Gasteiger partial charge on any atom is -0.496 e. The maximum absolute atomic E-state index is 12.3. The van der Waals surface area contributed by atoms with Crippen molar-refractivity contribution in [1.82, 2.24) is 4.90 Å². The summed E-state index contributed by atoms with van der Waals surface area (Å²) < 4.78 is 5.09. The van der Waals surface area contributed by atoms with Crippen LogP contribution in [-0.2, 0) is 0 Å². The fourth-order valence-electron chi connectivity index (χ4n) is 2.27. The predicted molar refractivity (Wildman–Crippen MR) is 77.5 cm³/mol. The Bertz CT molecular complexity index is 519. The van der Waals surface area contributed by atoms with Crippen molar-refractivity contribution in [3.05, 3.63) is 16.3 Å². The third-order valence-electron chi connectivity index (χ3n) is 3.90. The van der Waals surface area contributed by atoms with Crippen LogP contribution in [0.15, 0.2) is 16.6 Å². The Labute approximate surface area is 121 Å². The van der Waals surface area contributed by atoms with Gasteiger partial charge in [-0.25, -0.2) is 0 Å². The van der Waals surface area contributed by atoms with E-state index in [0.717, 1.165) is 0 Å². The highest BCUT2D eigenvalue weighted by atomic mass is 32.1. The Morgan fingerprint density at radius 1 is 1.55 bits per heavy atom. The minimum absolute atomic E-state index is 0.0138. The van der Waals surface area contributed by atoms with Gasteiger partial charge in [-0.15, -0.1) is 11.3 Å². The highest BCUT2D eigenvalue weighted by molar-refractivity contribution is 7.12. The van der Waals surface area contributed by atoms with E-state index >= 15 is 0 Å². The Morgan fingerprint density at radius 2 is 2.20 bits per heavy atom. The number of rotatable bonds is 3. The number of methoxy groups -OCH3 is 1. The SMILES string of the molecule is COc1csc(C(=O)N2CCC(C)(C(N)=NO)CC2)c1. The highest BCUT2D eigenvalue weighted by Crippen LogP contribution is 2.32. The summed E-state index contributed by atoms with van der Waals surface area (Å²) in [5.41, 5.74) is 5.38. The highest BCUT2D eigenvalue weighted by Gasteiger charge is 2.36. The molecule has 0 aromatic carbocycles. The van der Waals surface area contributed by atoms with E-state index in [-0.39, 0.29) is 17.2 Å². The van der Waals surface area contributed by atoms with Gasteiger partial charge in [0.05, 0.1) is 12.0 Å². The van der Waals surface area contributed by atoms with Crippen molar-refractivity contribution in [1.29, 1.82) is 0 Å². The first-order valence-electron chi connectivity index (χ1n) is 6.40. The van der Waals surface area contributed by atoms with Crippen molar-refractivity contribution < 1.29 is 14.7 Å². The van der Waals surface area contributed by atoms with E-state index in [1.54, 1.807) is 18.1 Å². The minimum atomic E-state index is -0.335. The van der Waals surface area contributed by atoms with Gasteiger partial charge in [0.25, 0.3) is 5.91 Å². The maximum atomic E-state index is 12.3. The van der Waals surface area contributed by atoms with Crippen LogP contribution in [0.1, 0.15) is 29.4 Å². The smallest absolute Gasteiger partial charge is 0.264 e. The average Bonchev–Trinajstić information content (AvgIpc) is 2.95. The molecule has 0 spiro atoms. The number of likely N-dealkylation sites (tertiary alicyclic amines) is 1. The summed E-state index contributed by atoms with van der Waals surface area (Å²) in [6, 6.07) is 1.75. The largest absolute Gasteiger partial charge is 0.496 e. The number of hydrogen-bond acceptors (Lipinski definition) is 5. The lowest BCUT2D eigenvalue weighted by molar-refractivity contribution is 0.0671. The number of amides is 1. The van der Waals surface area contributed by atoms with Gasteiger partial charge >= 0.3 is 0 Å². The molecule has 0 aliphatic carbocycles. The molecule has 110 valence electrons. The van der Waals surface area contributed by atoms with E-state index in [0.29, 0.717) is 36.6 Å². The zero-order valence-electron chi connectivity index (χ0n) is 11.6. The number of thiophene rings is 1. The van der Waals surface area contributed by atoms with Crippen LogP contribution in [0.3, 0.4) is 0 Å². The number of ether oxygens (including phenoxy) is 1. The van der Waals surface area contributed by atoms with E-state index in [1.807, 2.05) is 12.3 Å². The van der Waals surface area contributed by atoms with Gasteiger partial charge in [0.1, 0.15) is 11.6 Å². The van der Waals surface area contributed by atoms with E-state index in [9.17, 15) is 4.79 Å². The molecule has 20 heavy (non-hydrogen) atoms. The van der Waals surface area contributed by atoms with Gasteiger partial charge in [-0.1, -0.05) is 12.1 Å². The fraction of sp³-hybridized carbons (Fsp3) is 0.538. The molecule has 1 saturated heterocycles. The van der Waals surface area contributed by atoms with E-state index in [1.165, 1.54) is 11.3 Å². The third-order valence-corrected chi connectivity index (χ3v) is 4.80. The summed E-state index contributed by atoms with van der Waals surface area (Å²) >= 11 is 1.38. The zero-order valence-corrected chi connectivity index (χ0v) is 12.4. The molecule has 2 rings (SSSR count). The monoisotopic (exact) mass is 297 g/mol. The Morgan fingerprint density at radius 3 is 2.70 bits per heavy atom. The second-order valence-corrected chi connectivity index (χ2v) is 6.10. The summed E-state index contributed by atoms with van der Waals surface area (Å²) in [5.74, 6) is 0.958. The molecule has 2 heterocycles. The van der Waals surface area contributed by atoms with Gasteiger partial charge < -0.3 is 20.6 Å². The molecule has 1 aromatic rings. The van der Waals surface area contributed by atoms with Gasteiger partial charge in [-0.2, -0.15) is 0 Å². The Balaban J connectivity index is 2.02. The van der Waals surface area contributed by atoms with Crippen molar-refractivity contribution in [2.75, 3.05) is 20.2 Å². The van der Waals surface area contributed by atoms with Crippen molar-refractivity contribution in [3.8, 4) is 5.75 Å². The van der Waals surface area contributed by atoms with E-state index < -0.39 is 0 Å². The van der Waals surface area contributed by atoms with Crippen LogP contribution in [0.25, 0.3) is 0 Å². The normalized spacial score (nSPS) is 18.9. The number of piperidine rings is 1. The first-order chi connectivity index (χ1) is 9.50. The van der Waals surface area contributed by atoms with Crippen LogP contribution >= 0.6 is 11.3 Å². The van der Waals surface area contributed by atoms with Crippen molar-refractivity contribution >= 4 is 23.1 Å². The molecule has 1 aliphatic heterocycles. The predicted octanol–water partition coefficient (Wildman–Crippen LogP) is 1.75. The Hall–Kier alpha value is -1.76. The van der Waals surface area contributed by atoms with Gasteiger partial charge in [0.15, 0.2) is 0 Å². The average molecular weight is 297 g/mol. The third kappa shape index (κ3) is 2.72. The lowest BCUT2D eigenvalue weighted by atomic mass is 9.79. The summed E-state index contributed by atoms with van der Waals surface area (Å²) in [6.45, 7) is 3.16. The molecule has 1 aromatic heterocycles. The Kier molecular flexibility index (Phi) is 4.17. The maximum Gasteiger partial charge on any atom is 0.264 e. The van der Waals surface area contributed by atoms with Gasteiger partial charge in [0, 0.05) is 30.0 Å². The molecule has 3 N–H and O–H groups in total. The molecule has 0 atom stereocenters. The summed E-state index contributed by atoms with van der Waals surface area (Å²) in [7, 11) is 1.58. The standard InChI is InChI=1S/C13H19N3O3S/c1-13(12(14)15-18)3-5-16(6-4-13)11(17)10-7-9(19-2)8-20-10/h7-8,18H,3-6H2,1-2H3,(H2,14,15). The van der Waals surface area contributed by atoms with Gasteiger partial charge in [-0.05, 0) is 12.8 Å². The molecule has 1 aliphatic rings. The number of nitrogens with two attached hydrogens (primary N) is 1. The van der Waals surface area contributed by atoms with E-state index in [4.69, 9.17) is 15.7 Å². The molecule has 7 heteroatoms. The molecular weight excluding hydrogens is 278 g/mol. The second kappa shape index (κ2) is 5.70. The number of carbonyl (C=O) groups excluding carboxylic acids is 1. The first-order valence-corrected chi connectivity index (χ1v) is 7.28. The van der Waals surface area contributed by atoms with Gasteiger partial charge in [-0.3, -0.25) is 4.79 Å². The van der Waals surface area contributed by atoms with Crippen LogP contribution in [-0.4, -0.2) is 42.0 Å². The molecule has 0 unspecified atom stereocenters.